The van der Waals surface area contributed by atoms with Gasteiger partial charge in [-0.1, -0.05) is 19.9 Å². The molecule has 4 aliphatic rings. The zero-order valence-corrected chi connectivity index (χ0v) is 16.8. The van der Waals surface area contributed by atoms with E-state index in [1.165, 1.54) is 11.8 Å². The number of rotatable bonds is 1. The summed E-state index contributed by atoms with van der Waals surface area (Å²) in [7, 11) is 0. The number of pyridine rings is 1. The molecule has 1 aromatic heterocycles. The van der Waals surface area contributed by atoms with Gasteiger partial charge in [-0.2, -0.15) is 0 Å². The lowest BCUT2D eigenvalue weighted by molar-refractivity contribution is -0.148. The van der Waals surface area contributed by atoms with E-state index in [0.29, 0.717) is 37.0 Å². The molecule has 1 heterocycles. The maximum atomic E-state index is 15.3. The first-order valence-corrected chi connectivity index (χ1v) is 10.8. The summed E-state index contributed by atoms with van der Waals surface area (Å²) in [6.07, 6.45) is 9.93. The number of hydrogen-bond acceptors (Lipinski definition) is 2. The van der Waals surface area contributed by atoms with Crippen LogP contribution in [-0.4, -0.2) is 16.9 Å². The summed E-state index contributed by atoms with van der Waals surface area (Å²) >= 11 is 0. The Morgan fingerprint density at radius 3 is 2.75 bits per heavy atom. The van der Waals surface area contributed by atoms with E-state index < -0.39 is 6.17 Å². The summed E-state index contributed by atoms with van der Waals surface area (Å²) in [5.74, 6) is 1.09. The monoisotopic (exact) mass is 385 g/mol. The van der Waals surface area contributed by atoms with Crippen LogP contribution >= 0.6 is 0 Å². The van der Waals surface area contributed by atoms with Gasteiger partial charge in [0.15, 0.2) is 0 Å². The highest BCUT2D eigenvalue weighted by atomic mass is 19.1. The van der Waals surface area contributed by atoms with Crippen LogP contribution in [0, 0.1) is 40.3 Å². The topological polar surface area (TPSA) is 30.0 Å². The Morgan fingerprint density at radius 1 is 1.14 bits per heavy atom. The Balaban J connectivity index is 1.48. The van der Waals surface area contributed by atoms with Crippen molar-refractivity contribution in [2.45, 2.75) is 65.0 Å². The Hall–Kier alpha value is -1.58. The summed E-state index contributed by atoms with van der Waals surface area (Å²) in [5.41, 5.74) is 1.98. The minimum absolute atomic E-state index is 0.0377. The van der Waals surface area contributed by atoms with Gasteiger partial charge in [-0.3, -0.25) is 9.78 Å². The van der Waals surface area contributed by atoms with Gasteiger partial charge in [0, 0.05) is 25.0 Å². The second kappa shape index (κ2) is 6.21. The van der Waals surface area contributed by atoms with Crippen LogP contribution in [0.1, 0.15) is 64.4 Å². The van der Waals surface area contributed by atoms with Gasteiger partial charge in [0.25, 0.3) is 0 Å². The van der Waals surface area contributed by atoms with Gasteiger partial charge in [0.2, 0.25) is 0 Å². The highest BCUT2D eigenvalue weighted by Gasteiger charge is 2.61. The smallest absolute Gasteiger partial charge is 0.142 e. The molecule has 0 saturated heterocycles. The van der Waals surface area contributed by atoms with Crippen molar-refractivity contribution in [1.29, 1.82) is 0 Å². The van der Waals surface area contributed by atoms with E-state index in [1.807, 2.05) is 0 Å². The fourth-order valence-corrected chi connectivity index (χ4v) is 7.61. The lowest BCUT2D eigenvalue weighted by Gasteiger charge is -2.60. The van der Waals surface area contributed by atoms with Crippen molar-refractivity contribution in [3.8, 4) is 0 Å². The van der Waals surface area contributed by atoms with E-state index in [9.17, 15) is 9.18 Å². The molecule has 5 rings (SSSR count). The molecule has 0 radical (unpaired) electrons. The number of ketones is 1. The lowest BCUT2D eigenvalue weighted by atomic mass is 9.44. The van der Waals surface area contributed by atoms with Crippen LogP contribution in [0.4, 0.5) is 8.78 Å². The molecule has 3 fully saturated rings. The second-order valence-corrected chi connectivity index (χ2v) is 10.2. The van der Waals surface area contributed by atoms with Gasteiger partial charge >= 0.3 is 0 Å². The van der Waals surface area contributed by atoms with E-state index in [1.54, 1.807) is 12.3 Å². The number of alkyl halides is 1. The zero-order valence-electron chi connectivity index (χ0n) is 16.8. The molecule has 28 heavy (non-hydrogen) atoms. The molecule has 0 aliphatic heterocycles. The predicted octanol–water partition coefficient (Wildman–Crippen LogP) is 5.77. The van der Waals surface area contributed by atoms with Crippen LogP contribution in [0.25, 0.3) is 5.57 Å². The fourth-order valence-electron chi connectivity index (χ4n) is 7.61. The van der Waals surface area contributed by atoms with E-state index >= 15 is 4.39 Å². The molecular weight excluding hydrogens is 356 g/mol. The van der Waals surface area contributed by atoms with Crippen LogP contribution in [0.2, 0.25) is 0 Å². The van der Waals surface area contributed by atoms with Gasteiger partial charge in [0.1, 0.15) is 17.8 Å². The number of fused-ring (bicyclic) bond motifs is 5. The van der Waals surface area contributed by atoms with E-state index in [-0.39, 0.29) is 28.3 Å². The van der Waals surface area contributed by atoms with E-state index in [4.69, 9.17) is 0 Å². The third kappa shape index (κ3) is 2.48. The van der Waals surface area contributed by atoms with Gasteiger partial charge < -0.3 is 0 Å². The summed E-state index contributed by atoms with van der Waals surface area (Å²) < 4.78 is 29.1. The van der Waals surface area contributed by atoms with Crippen molar-refractivity contribution < 1.29 is 13.6 Å². The van der Waals surface area contributed by atoms with Crippen LogP contribution in [0.5, 0.6) is 0 Å². The molecule has 3 saturated carbocycles. The van der Waals surface area contributed by atoms with Gasteiger partial charge in [-0.05, 0) is 77.9 Å². The van der Waals surface area contributed by atoms with Gasteiger partial charge in [-0.15, -0.1) is 0 Å². The first kappa shape index (κ1) is 18.4. The molecule has 0 spiro atoms. The first-order chi connectivity index (χ1) is 13.3. The number of carbonyl (C=O) groups is 1. The average Bonchev–Trinajstić information content (AvgIpc) is 3.01. The van der Waals surface area contributed by atoms with E-state index in [2.05, 4.69) is 24.9 Å². The number of hydrogen-bond donors (Lipinski definition) is 0. The molecule has 1 aromatic rings. The van der Waals surface area contributed by atoms with Gasteiger partial charge in [0.05, 0.1) is 6.20 Å². The van der Waals surface area contributed by atoms with Crippen LogP contribution in [0.15, 0.2) is 24.5 Å². The fraction of sp³-hybridized carbons (Fsp3) is 0.667. The molecule has 0 aromatic carbocycles. The predicted molar refractivity (Wildman–Crippen MR) is 105 cm³/mol. The largest absolute Gasteiger partial charge is 0.300 e. The molecule has 7 atom stereocenters. The maximum Gasteiger partial charge on any atom is 0.142 e. The van der Waals surface area contributed by atoms with Gasteiger partial charge in [-0.25, -0.2) is 8.78 Å². The number of nitrogens with zero attached hydrogens (tertiary/aromatic N) is 1. The van der Waals surface area contributed by atoms with Crippen LogP contribution in [0.3, 0.4) is 0 Å². The number of halogens is 2. The SMILES string of the molecule is CC12CCC3C(CC(F)C4CC(=O)CCC43C)C1CC=C2c1cncc(F)c1. The summed E-state index contributed by atoms with van der Waals surface area (Å²) in [4.78, 5) is 16.1. The minimum Gasteiger partial charge on any atom is -0.300 e. The van der Waals surface area contributed by atoms with Crippen molar-refractivity contribution in [2.24, 2.45) is 34.5 Å². The highest BCUT2D eigenvalue weighted by molar-refractivity contribution is 5.80. The highest BCUT2D eigenvalue weighted by Crippen LogP contribution is 2.67. The number of carbonyl (C=O) groups excluding carboxylic acids is 1. The minimum atomic E-state index is -0.877. The molecule has 150 valence electrons. The third-order valence-corrected chi connectivity index (χ3v) is 9.05. The molecule has 4 aliphatic carbocycles. The normalized spacial score (nSPS) is 45.1. The Labute approximate surface area is 165 Å². The molecule has 0 bridgehead atoms. The summed E-state index contributed by atoms with van der Waals surface area (Å²) in [5, 5.41) is 0. The third-order valence-electron chi connectivity index (χ3n) is 9.05. The molecule has 7 unspecified atom stereocenters. The Kier molecular flexibility index (Phi) is 4.09. The van der Waals surface area contributed by atoms with Crippen molar-refractivity contribution in [3.05, 3.63) is 35.9 Å². The van der Waals surface area contributed by atoms with Crippen molar-refractivity contribution in [3.63, 3.8) is 0 Å². The quantitative estimate of drug-likeness (QED) is 0.614. The molecule has 0 amide bonds. The molecule has 4 heteroatoms. The van der Waals surface area contributed by atoms with Crippen molar-refractivity contribution >= 4 is 11.4 Å². The number of aromatic nitrogens is 1. The zero-order chi connectivity index (χ0) is 19.7. The van der Waals surface area contributed by atoms with Crippen molar-refractivity contribution in [1.82, 2.24) is 4.98 Å². The Morgan fingerprint density at radius 2 is 1.96 bits per heavy atom. The summed E-state index contributed by atoms with van der Waals surface area (Å²) in [6.45, 7) is 4.56. The Bertz CT molecular complexity index is 851. The number of allylic oxidation sites excluding steroid dienone is 2. The summed E-state index contributed by atoms with van der Waals surface area (Å²) in [6, 6.07) is 1.58. The molecular formula is C24H29F2NO. The lowest BCUT2D eigenvalue weighted by Crippen LogP contribution is -2.56. The second-order valence-electron chi connectivity index (χ2n) is 10.2. The molecule has 2 nitrogen and oxygen atoms in total. The molecule has 0 N–H and O–H groups in total. The number of Topliss-reactive ketones (excluding diaryl/α,β-unsaturated/α-hetero) is 1. The van der Waals surface area contributed by atoms with Crippen LogP contribution in [-0.2, 0) is 4.79 Å². The van der Waals surface area contributed by atoms with Crippen molar-refractivity contribution in [2.75, 3.05) is 0 Å². The first-order valence-electron chi connectivity index (χ1n) is 10.8. The maximum absolute atomic E-state index is 15.3. The standard InChI is InChI=1S/C24H29F2NO/c1-23-8-6-20-17(11-22(26)21-10-16(28)5-7-24(20,21)2)19(23)4-3-18(23)14-9-15(25)13-27-12-14/h3,9,12-13,17,19-22H,4-8,10-11H2,1-2H3. The van der Waals surface area contributed by atoms with E-state index in [0.717, 1.165) is 31.2 Å². The average molecular weight is 385 g/mol. The van der Waals surface area contributed by atoms with Crippen LogP contribution < -0.4 is 0 Å².